The van der Waals surface area contributed by atoms with Gasteiger partial charge in [0.25, 0.3) is 0 Å². The van der Waals surface area contributed by atoms with Crippen molar-refractivity contribution in [1.82, 2.24) is 9.88 Å². The zero-order valence-corrected chi connectivity index (χ0v) is 18.2. The maximum Gasteiger partial charge on any atom is 0.249 e. The summed E-state index contributed by atoms with van der Waals surface area (Å²) < 4.78 is 6.71. The van der Waals surface area contributed by atoms with Crippen LogP contribution in [0.5, 0.6) is 11.5 Å². The molecule has 0 radical (unpaired) electrons. The van der Waals surface area contributed by atoms with Crippen LogP contribution >= 0.6 is 11.3 Å². The van der Waals surface area contributed by atoms with Crippen molar-refractivity contribution in [2.75, 3.05) is 5.32 Å². The van der Waals surface area contributed by atoms with Crippen LogP contribution in [-0.4, -0.2) is 33.6 Å². The Hall–Kier alpha value is -3.52. The van der Waals surface area contributed by atoms with Crippen molar-refractivity contribution in [1.29, 1.82) is 0 Å². The van der Waals surface area contributed by atoms with Crippen LogP contribution in [0.1, 0.15) is 19.8 Å². The van der Waals surface area contributed by atoms with Crippen LogP contribution in [0.2, 0.25) is 0 Å². The fourth-order valence-corrected chi connectivity index (χ4v) is 5.08. The molecule has 1 fully saturated rings. The molecule has 1 aliphatic carbocycles. The Morgan fingerprint density at radius 3 is 2.44 bits per heavy atom. The van der Waals surface area contributed by atoms with Crippen LogP contribution < -0.4 is 10.1 Å². The number of benzene rings is 2. The molecule has 2 aliphatic rings. The van der Waals surface area contributed by atoms with Gasteiger partial charge in [-0.25, -0.2) is 4.98 Å². The summed E-state index contributed by atoms with van der Waals surface area (Å²) in [5, 5.41) is 3.17. The van der Waals surface area contributed by atoms with Gasteiger partial charge < -0.3 is 10.1 Å². The van der Waals surface area contributed by atoms with Crippen LogP contribution in [-0.2, 0) is 14.4 Å². The van der Waals surface area contributed by atoms with Crippen LogP contribution in [0.15, 0.2) is 60.7 Å². The van der Waals surface area contributed by atoms with Crippen LogP contribution in [0, 0.1) is 11.8 Å². The van der Waals surface area contributed by atoms with E-state index in [0.717, 1.165) is 20.9 Å². The molecule has 2 heterocycles. The smallest absolute Gasteiger partial charge is 0.249 e. The molecular weight excluding hydrogens is 426 g/mol. The molecule has 7 nitrogen and oxygen atoms in total. The van der Waals surface area contributed by atoms with Gasteiger partial charge >= 0.3 is 0 Å². The van der Waals surface area contributed by atoms with E-state index in [4.69, 9.17) is 4.74 Å². The molecule has 1 aromatic heterocycles. The third-order valence-electron chi connectivity index (χ3n) is 5.88. The lowest BCUT2D eigenvalue weighted by atomic mass is 9.85. The fourth-order valence-electron chi connectivity index (χ4n) is 4.18. The SMILES string of the molecule is CC(C(=O)Nc1nc2ccc(Oc3ccccc3)cc2s1)N1C(=O)C2CC=CCC2C1=O. The summed E-state index contributed by atoms with van der Waals surface area (Å²) >= 11 is 1.31. The molecule has 1 N–H and O–H groups in total. The lowest BCUT2D eigenvalue weighted by molar-refractivity contribution is -0.146. The van der Waals surface area contributed by atoms with Crippen molar-refractivity contribution >= 4 is 44.4 Å². The van der Waals surface area contributed by atoms with E-state index < -0.39 is 11.9 Å². The van der Waals surface area contributed by atoms with Gasteiger partial charge in [-0.2, -0.15) is 0 Å². The largest absolute Gasteiger partial charge is 0.457 e. The Balaban J connectivity index is 1.30. The predicted molar refractivity (Wildman–Crippen MR) is 121 cm³/mol. The van der Waals surface area contributed by atoms with Gasteiger partial charge in [0.05, 0.1) is 22.1 Å². The summed E-state index contributed by atoms with van der Waals surface area (Å²) in [6, 6.07) is 14.1. The highest BCUT2D eigenvalue weighted by molar-refractivity contribution is 7.22. The normalized spacial score (nSPS) is 21.0. The van der Waals surface area contributed by atoms with Gasteiger partial charge in [-0.3, -0.25) is 19.3 Å². The van der Waals surface area contributed by atoms with Gasteiger partial charge in [0, 0.05) is 6.07 Å². The number of hydrogen-bond donors (Lipinski definition) is 1. The van der Waals surface area contributed by atoms with E-state index in [9.17, 15) is 14.4 Å². The van der Waals surface area contributed by atoms with E-state index in [1.165, 1.54) is 11.3 Å². The van der Waals surface area contributed by atoms with E-state index in [2.05, 4.69) is 10.3 Å². The molecule has 0 bridgehead atoms. The third-order valence-corrected chi connectivity index (χ3v) is 6.81. The first-order chi connectivity index (χ1) is 15.5. The van der Waals surface area contributed by atoms with Crippen LogP contribution in [0.3, 0.4) is 0 Å². The zero-order chi connectivity index (χ0) is 22.2. The average molecular weight is 448 g/mol. The topological polar surface area (TPSA) is 88.6 Å². The van der Waals surface area contributed by atoms with Crippen LogP contribution in [0.4, 0.5) is 5.13 Å². The maximum atomic E-state index is 12.9. The van der Waals surface area contributed by atoms with Gasteiger partial charge in [-0.1, -0.05) is 41.7 Å². The third kappa shape index (κ3) is 3.67. The number of para-hydroxylation sites is 1. The molecule has 2 aromatic carbocycles. The Morgan fingerprint density at radius 1 is 1.06 bits per heavy atom. The van der Waals surface area contributed by atoms with E-state index in [-0.39, 0.29) is 23.7 Å². The number of ether oxygens (including phenoxy) is 1. The number of nitrogens with zero attached hydrogens (tertiary/aromatic N) is 2. The van der Waals surface area contributed by atoms with Crippen molar-refractivity contribution in [3.63, 3.8) is 0 Å². The molecule has 1 saturated heterocycles. The number of anilines is 1. The molecule has 0 spiro atoms. The second-order valence-electron chi connectivity index (χ2n) is 7.93. The molecule has 32 heavy (non-hydrogen) atoms. The Labute approximate surface area is 188 Å². The number of nitrogens with one attached hydrogen (secondary N) is 1. The highest BCUT2D eigenvalue weighted by atomic mass is 32.1. The van der Waals surface area contributed by atoms with E-state index >= 15 is 0 Å². The first kappa shape index (κ1) is 20.4. The van der Waals surface area contributed by atoms with Gasteiger partial charge in [0.2, 0.25) is 17.7 Å². The minimum Gasteiger partial charge on any atom is -0.457 e. The number of likely N-dealkylation sites (tertiary alicyclic amines) is 1. The van der Waals surface area contributed by atoms with Crippen molar-refractivity contribution in [2.45, 2.75) is 25.8 Å². The van der Waals surface area contributed by atoms with E-state index in [1.807, 2.05) is 60.7 Å². The highest BCUT2D eigenvalue weighted by Crippen LogP contribution is 2.36. The molecule has 8 heteroatoms. The minimum atomic E-state index is -0.899. The maximum absolute atomic E-state index is 12.9. The monoisotopic (exact) mass is 447 g/mol. The molecule has 5 rings (SSSR count). The summed E-state index contributed by atoms with van der Waals surface area (Å²) in [5.41, 5.74) is 0.726. The lowest BCUT2D eigenvalue weighted by Crippen LogP contribution is -2.46. The van der Waals surface area contributed by atoms with Gasteiger partial charge in [-0.05, 0) is 44.0 Å². The summed E-state index contributed by atoms with van der Waals surface area (Å²) in [4.78, 5) is 43.9. The molecule has 3 unspecified atom stereocenters. The predicted octanol–water partition coefficient (Wildman–Crippen LogP) is 4.37. The minimum absolute atomic E-state index is 0.265. The Kier molecular flexibility index (Phi) is 5.22. The van der Waals surface area contributed by atoms with Gasteiger partial charge in [-0.15, -0.1) is 0 Å². The average Bonchev–Trinajstić information content (AvgIpc) is 3.31. The van der Waals surface area contributed by atoms with Crippen molar-refractivity contribution in [3.8, 4) is 11.5 Å². The van der Waals surface area contributed by atoms with Crippen molar-refractivity contribution in [3.05, 3.63) is 60.7 Å². The van der Waals surface area contributed by atoms with Crippen molar-refractivity contribution in [2.24, 2.45) is 11.8 Å². The molecule has 3 aromatic rings. The van der Waals surface area contributed by atoms with Crippen molar-refractivity contribution < 1.29 is 19.1 Å². The summed E-state index contributed by atoms with van der Waals surface area (Å²) in [6.45, 7) is 1.58. The van der Waals surface area contributed by atoms with Gasteiger partial charge in [0.1, 0.15) is 17.5 Å². The van der Waals surface area contributed by atoms with E-state index in [1.54, 1.807) is 6.92 Å². The number of hydrogen-bond acceptors (Lipinski definition) is 6. The standard InChI is InChI=1S/C24H21N3O4S/c1-14(27-22(29)17-9-5-6-10-18(17)23(27)30)21(28)26-24-25-19-12-11-16(13-20(19)32-24)31-15-7-3-2-4-8-15/h2-8,11-14,17-18H,9-10H2,1H3,(H,25,26,28). The van der Waals surface area contributed by atoms with E-state index in [0.29, 0.717) is 23.7 Å². The lowest BCUT2D eigenvalue weighted by Gasteiger charge is -2.21. The number of imide groups is 1. The highest BCUT2D eigenvalue weighted by Gasteiger charge is 2.50. The molecule has 3 atom stereocenters. The molecule has 0 saturated carbocycles. The molecule has 162 valence electrons. The Bertz CT molecular complexity index is 1210. The number of carbonyl (C=O) groups is 3. The number of rotatable bonds is 5. The number of thiazole rings is 1. The Morgan fingerprint density at radius 2 is 1.75 bits per heavy atom. The van der Waals surface area contributed by atoms with Crippen LogP contribution in [0.25, 0.3) is 10.2 Å². The summed E-state index contributed by atoms with van der Waals surface area (Å²) in [6.07, 6.45) is 4.95. The number of fused-ring (bicyclic) bond motifs is 2. The number of carbonyl (C=O) groups excluding carboxylic acids is 3. The number of amides is 3. The summed E-state index contributed by atoms with van der Waals surface area (Å²) in [7, 11) is 0. The second kappa shape index (κ2) is 8.20. The molecule has 1 aliphatic heterocycles. The molecule has 3 amide bonds. The quantitative estimate of drug-likeness (QED) is 0.464. The summed E-state index contributed by atoms with van der Waals surface area (Å²) in [5.74, 6) is -0.268. The first-order valence-corrected chi connectivity index (χ1v) is 11.3. The van der Waals surface area contributed by atoms with Gasteiger partial charge in [0.15, 0.2) is 5.13 Å². The first-order valence-electron chi connectivity index (χ1n) is 10.5. The zero-order valence-electron chi connectivity index (χ0n) is 17.4. The second-order valence-corrected chi connectivity index (χ2v) is 8.96. The fraction of sp³-hybridized carbons (Fsp3) is 0.250. The number of allylic oxidation sites excluding steroid dienone is 2. The number of aromatic nitrogens is 1. The molecular formula is C24H21N3O4S.